The molecule has 0 spiro atoms. The van der Waals surface area contributed by atoms with Crippen LogP contribution in [0.15, 0.2) is 17.7 Å². The summed E-state index contributed by atoms with van der Waals surface area (Å²) in [5.74, 6) is -0.259. The number of hydroxylamine groups is 2. The van der Waals surface area contributed by atoms with Gasteiger partial charge in [0.25, 0.3) is 0 Å². The SMILES string of the molecule is NCCC(=O)NC[C@@H]1C(c2nccs2)=C[C@@H]2CN1C(=O)N2OS(=O)(=O)O. The summed E-state index contributed by atoms with van der Waals surface area (Å²) in [6.07, 6.45) is 3.41. The van der Waals surface area contributed by atoms with Crippen LogP contribution in [0.4, 0.5) is 4.79 Å². The molecule has 2 aliphatic rings. The van der Waals surface area contributed by atoms with Gasteiger partial charge in [-0.25, -0.2) is 9.78 Å². The second kappa shape index (κ2) is 7.28. The summed E-state index contributed by atoms with van der Waals surface area (Å²) in [6.45, 7) is 0.468. The Kier molecular flexibility index (Phi) is 5.24. The van der Waals surface area contributed by atoms with Crippen molar-refractivity contribution < 1.29 is 26.8 Å². The molecule has 3 rings (SSSR count). The van der Waals surface area contributed by atoms with Gasteiger partial charge in [-0.2, -0.15) is 13.5 Å². The van der Waals surface area contributed by atoms with Crippen LogP contribution in [0.2, 0.25) is 0 Å². The molecule has 1 aromatic heterocycles. The smallest absolute Gasteiger partial charge is 0.354 e. The Morgan fingerprint density at radius 1 is 1.54 bits per heavy atom. The van der Waals surface area contributed by atoms with E-state index < -0.39 is 28.5 Å². The second-order valence-corrected chi connectivity index (χ2v) is 7.55. The highest BCUT2D eigenvalue weighted by Gasteiger charge is 2.48. The molecular formula is C13H17N5O6S2. The zero-order chi connectivity index (χ0) is 18.9. The Morgan fingerprint density at radius 3 is 2.92 bits per heavy atom. The molecule has 1 aromatic rings. The number of fused-ring (bicyclic) bond motifs is 2. The number of carbonyl (C=O) groups is 2. The zero-order valence-electron chi connectivity index (χ0n) is 13.4. The van der Waals surface area contributed by atoms with E-state index in [1.165, 1.54) is 16.2 Å². The summed E-state index contributed by atoms with van der Waals surface area (Å²) >= 11 is 1.35. The molecule has 3 amide bonds. The van der Waals surface area contributed by atoms with Crippen LogP contribution in [0.25, 0.3) is 5.57 Å². The Morgan fingerprint density at radius 2 is 2.31 bits per heavy atom. The lowest BCUT2D eigenvalue weighted by atomic mass is 9.99. The molecule has 13 heteroatoms. The molecule has 2 aliphatic heterocycles. The Balaban J connectivity index is 1.88. The van der Waals surface area contributed by atoms with Crippen molar-refractivity contribution in [1.82, 2.24) is 20.3 Å². The summed E-state index contributed by atoms with van der Waals surface area (Å²) < 4.78 is 35.4. The average molecular weight is 403 g/mol. The number of rotatable bonds is 7. The minimum absolute atomic E-state index is 0.114. The van der Waals surface area contributed by atoms with Gasteiger partial charge in [0.05, 0.1) is 12.1 Å². The maximum Gasteiger partial charge on any atom is 0.418 e. The second-order valence-electron chi connectivity index (χ2n) is 5.65. The molecule has 1 saturated heterocycles. The van der Waals surface area contributed by atoms with Crippen molar-refractivity contribution in [3.8, 4) is 0 Å². The van der Waals surface area contributed by atoms with Crippen molar-refractivity contribution in [3.05, 3.63) is 22.7 Å². The summed E-state index contributed by atoms with van der Waals surface area (Å²) in [5.41, 5.74) is 6.02. The quantitative estimate of drug-likeness (QED) is 0.501. The van der Waals surface area contributed by atoms with E-state index in [4.69, 9.17) is 10.3 Å². The van der Waals surface area contributed by atoms with Crippen molar-refractivity contribution >= 4 is 39.2 Å². The zero-order valence-corrected chi connectivity index (χ0v) is 15.1. The molecule has 4 N–H and O–H groups in total. The average Bonchev–Trinajstić information content (AvgIpc) is 3.17. The molecule has 2 atom stereocenters. The molecule has 2 bridgehead atoms. The molecular weight excluding hydrogens is 386 g/mol. The van der Waals surface area contributed by atoms with Gasteiger partial charge in [0.1, 0.15) is 5.01 Å². The van der Waals surface area contributed by atoms with E-state index in [2.05, 4.69) is 14.6 Å². The molecule has 0 radical (unpaired) electrons. The third-order valence-corrected chi connectivity index (χ3v) is 5.12. The fraction of sp³-hybridized carbons (Fsp3) is 0.462. The van der Waals surface area contributed by atoms with Gasteiger partial charge in [-0.1, -0.05) is 0 Å². The Hall–Kier alpha value is -2.06. The lowest BCUT2D eigenvalue weighted by Crippen LogP contribution is -2.47. The van der Waals surface area contributed by atoms with Gasteiger partial charge in [0.15, 0.2) is 0 Å². The van der Waals surface area contributed by atoms with Gasteiger partial charge in [-0.15, -0.1) is 15.6 Å². The first kappa shape index (κ1) is 18.7. The fourth-order valence-electron chi connectivity index (χ4n) is 2.91. The van der Waals surface area contributed by atoms with E-state index >= 15 is 0 Å². The van der Waals surface area contributed by atoms with Crippen LogP contribution in [0.1, 0.15) is 11.4 Å². The number of hydrogen-bond donors (Lipinski definition) is 3. The van der Waals surface area contributed by atoms with Crippen LogP contribution in [0.3, 0.4) is 0 Å². The molecule has 3 heterocycles. The molecule has 0 unspecified atom stereocenters. The summed E-state index contributed by atoms with van der Waals surface area (Å²) in [6, 6.07) is -1.99. The standard InChI is InChI=1S/C13H17N5O6S2/c14-2-1-11(19)16-6-10-9(12-15-3-4-25-12)5-8-7-17(10)13(20)18(8)24-26(21,22)23/h3-5,8,10H,1-2,6-7,14H2,(H,16,19)(H,21,22,23)/t8-,10-/m1/s1. The summed E-state index contributed by atoms with van der Waals surface area (Å²) in [4.78, 5) is 29.9. The topological polar surface area (TPSA) is 155 Å². The van der Waals surface area contributed by atoms with Crippen LogP contribution in [-0.4, -0.2) is 71.6 Å². The molecule has 142 valence electrons. The van der Waals surface area contributed by atoms with Gasteiger partial charge in [0, 0.05) is 43.2 Å². The molecule has 1 fully saturated rings. The Bertz CT molecular complexity index is 824. The van der Waals surface area contributed by atoms with Crippen LogP contribution in [-0.2, 0) is 19.5 Å². The fourth-order valence-corrected chi connectivity index (χ4v) is 4.00. The van der Waals surface area contributed by atoms with E-state index in [9.17, 15) is 18.0 Å². The maximum atomic E-state index is 12.5. The number of thiazole rings is 1. The minimum Gasteiger partial charge on any atom is -0.354 e. The van der Waals surface area contributed by atoms with Crippen molar-refractivity contribution in [3.63, 3.8) is 0 Å². The number of amides is 3. The van der Waals surface area contributed by atoms with Gasteiger partial charge in [-0.3, -0.25) is 9.35 Å². The van der Waals surface area contributed by atoms with E-state index in [-0.39, 0.29) is 32.0 Å². The van der Waals surface area contributed by atoms with Crippen molar-refractivity contribution in [2.75, 3.05) is 19.6 Å². The summed E-state index contributed by atoms with van der Waals surface area (Å²) in [7, 11) is -4.85. The van der Waals surface area contributed by atoms with Crippen LogP contribution < -0.4 is 11.1 Å². The van der Waals surface area contributed by atoms with E-state index in [1.807, 2.05) is 0 Å². The third kappa shape index (κ3) is 3.86. The number of nitrogens with zero attached hydrogens (tertiary/aromatic N) is 3. The first-order chi connectivity index (χ1) is 12.3. The van der Waals surface area contributed by atoms with Gasteiger partial charge < -0.3 is 16.0 Å². The molecule has 26 heavy (non-hydrogen) atoms. The number of hydrogen-bond acceptors (Lipinski definition) is 8. The van der Waals surface area contributed by atoms with Crippen LogP contribution in [0.5, 0.6) is 0 Å². The predicted octanol–water partition coefficient (Wildman–Crippen LogP) is -0.786. The highest BCUT2D eigenvalue weighted by molar-refractivity contribution is 7.80. The van der Waals surface area contributed by atoms with Gasteiger partial charge in [-0.05, 0) is 6.08 Å². The molecule has 0 aliphatic carbocycles. The van der Waals surface area contributed by atoms with E-state index in [0.717, 1.165) is 0 Å². The first-order valence-corrected chi connectivity index (χ1v) is 9.90. The Labute approximate surface area is 153 Å². The largest absolute Gasteiger partial charge is 0.418 e. The highest BCUT2D eigenvalue weighted by atomic mass is 32.3. The highest BCUT2D eigenvalue weighted by Crippen LogP contribution is 2.35. The number of carbonyl (C=O) groups excluding carboxylic acids is 2. The first-order valence-electron chi connectivity index (χ1n) is 7.65. The van der Waals surface area contributed by atoms with Crippen LogP contribution in [0, 0.1) is 0 Å². The van der Waals surface area contributed by atoms with Crippen molar-refractivity contribution in [2.45, 2.75) is 18.5 Å². The van der Waals surface area contributed by atoms with E-state index in [0.29, 0.717) is 15.6 Å². The summed E-state index contributed by atoms with van der Waals surface area (Å²) in [5, 5.41) is 5.71. The number of nitrogens with one attached hydrogen (secondary N) is 1. The number of nitrogens with two attached hydrogens (primary N) is 1. The minimum atomic E-state index is -4.85. The molecule has 11 nitrogen and oxygen atoms in total. The third-order valence-electron chi connectivity index (χ3n) is 3.94. The van der Waals surface area contributed by atoms with E-state index in [1.54, 1.807) is 17.7 Å². The molecule has 0 saturated carbocycles. The lowest BCUT2D eigenvalue weighted by Gasteiger charge is -2.31. The maximum absolute atomic E-state index is 12.5. The van der Waals surface area contributed by atoms with Gasteiger partial charge in [0.2, 0.25) is 5.91 Å². The number of aromatic nitrogens is 1. The monoisotopic (exact) mass is 403 g/mol. The normalized spacial score (nSPS) is 22.5. The van der Waals surface area contributed by atoms with Gasteiger partial charge >= 0.3 is 16.4 Å². The predicted molar refractivity (Wildman–Crippen MR) is 90.9 cm³/mol. The number of urea groups is 1. The van der Waals surface area contributed by atoms with Crippen molar-refractivity contribution in [1.29, 1.82) is 0 Å². The van der Waals surface area contributed by atoms with Crippen LogP contribution >= 0.6 is 11.3 Å². The molecule has 0 aromatic carbocycles. The van der Waals surface area contributed by atoms with Crippen molar-refractivity contribution in [2.24, 2.45) is 5.73 Å². The lowest BCUT2D eigenvalue weighted by molar-refractivity contribution is -0.121.